The molecule has 0 atom stereocenters. The molecular formula is C14H26N2O2. The van der Waals surface area contributed by atoms with Gasteiger partial charge in [-0.3, -0.25) is 9.59 Å². The zero-order chi connectivity index (χ0) is 14.4. The lowest BCUT2D eigenvalue weighted by molar-refractivity contribution is -0.117. The molecule has 104 valence electrons. The molecule has 0 aliphatic rings. The van der Waals surface area contributed by atoms with Crippen molar-refractivity contribution in [2.24, 2.45) is 5.92 Å². The number of carbonyl (C=O) groups is 2. The van der Waals surface area contributed by atoms with E-state index in [4.69, 9.17) is 0 Å². The summed E-state index contributed by atoms with van der Waals surface area (Å²) in [6, 6.07) is 0. The van der Waals surface area contributed by atoms with Crippen molar-refractivity contribution >= 4 is 11.8 Å². The van der Waals surface area contributed by atoms with Crippen molar-refractivity contribution in [3.05, 3.63) is 25.3 Å². The molecule has 0 rings (SSSR count). The first-order valence-electron chi connectivity index (χ1n) is 6.28. The molecular weight excluding hydrogens is 228 g/mol. The minimum atomic E-state index is -0.0938. The third kappa shape index (κ3) is 16.8. The highest BCUT2D eigenvalue weighted by Crippen LogP contribution is 1.86. The van der Waals surface area contributed by atoms with Crippen molar-refractivity contribution in [1.29, 1.82) is 0 Å². The van der Waals surface area contributed by atoms with Gasteiger partial charge in [0, 0.05) is 13.1 Å². The van der Waals surface area contributed by atoms with E-state index in [2.05, 4.69) is 30.7 Å². The van der Waals surface area contributed by atoms with Gasteiger partial charge < -0.3 is 10.6 Å². The predicted octanol–water partition coefficient (Wildman–Crippen LogP) is 2.03. The van der Waals surface area contributed by atoms with Gasteiger partial charge in [-0.2, -0.15) is 0 Å². The van der Waals surface area contributed by atoms with Crippen LogP contribution in [-0.4, -0.2) is 24.9 Å². The molecule has 0 aliphatic heterocycles. The van der Waals surface area contributed by atoms with E-state index in [1.54, 1.807) is 0 Å². The normalized spacial score (nSPS) is 8.89. The molecule has 0 spiro atoms. The Morgan fingerprint density at radius 3 is 2.00 bits per heavy atom. The Hall–Kier alpha value is -1.58. The Labute approximate surface area is 111 Å². The van der Waals surface area contributed by atoms with Crippen molar-refractivity contribution in [3.8, 4) is 0 Å². The number of nitrogens with one attached hydrogen (secondary N) is 2. The van der Waals surface area contributed by atoms with E-state index in [1.165, 1.54) is 12.2 Å². The van der Waals surface area contributed by atoms with Gasteiger partial charge in [0.15, 0.2) is 0 Å². The molecule has 0 heterocycles. The summed E-state index contributed by atoms with van der Waals surface area (Å²) in [6.45, 7) is 14.3. The number of rotatable bonds is 7. The van der Waals surface area contributed by atoms with Gasteiger partial charge in [0.2, 0.25) is 11.8 Å². The van der Waals surface area contributed by atoms with Gasteiger partial charge in [0.25, 0.3) is 0 Å². The lowest BCUT2D eigenvalue weighted by Gasteiger charge is -2.03. The predicted molar refractivity (Wildman–Crippen MR) is 76.2 cm³/mol. The van der Waals surface area contributed by atoms with Crippen LogP contribution in [0.3, 0.4) is 0 Å². The summed E-state index contributed by atoms with van der Waals surface area (Å²) in [5.41, 5.74) is 0. The molecule has 4 heteroatoms. The highest BCUT2D eigenvalue weighted by Gasteiger charge is 1.94. The smallest absolute Gasteiger partial charge is 0.243 e. The fourth-order valence-electron chi connectivity index (χ4n) is 0.837. The third-order valence-corrected chi connectivity index (χ3v) is 1.88. The van der Waals surface area contributed by atoms with Crippen LogP contribution in [0.25, 0.3) is 0 Å². The van der Waals surface area contributed by atoms with Gasteiger partial charge in [-0.1, -0.05) is 40.3 Å². The van der Waals surface area contributed by atoms with Gasteiger partial charge in [-0.15, -0.1) is 0 Å². The number of hydrogen-bond donors (Lipinski definition) is 2. The number of amides is 2. The maximum atomic E-state index is 10.5. The third-order valence-electron chi connectivity index (χ3n) is 1.88. The van der Waals surface area contributed by atoms with E-state index >= 15 is 0 Å². The second-order valence-electron chi connectivity index (χ2n) is 4.19. The Morgan fingerprint density at radius 2 is 1.61 bits per heavy atom. The first-order chi connectivity index (χ1) is 8.47. The molecule has 0 aromatic carbocycles. The average Bonchev–Trinajstić information content (AvgIpc) is 2.36. The van der Waals surface area contributed by atoms with Crippen LogP contribution in [0.4, 0.5) is 0 Å². The van der Waals surface area contributed by atoms with Crippen molar-refractivity contribution in [1.82, 2.24) is 10.6 Å². The van der Waals surface area contributed by atoms with Crippen LogP contribution in [-0.2, 0) is 9.59 Å². The standard InChI is InChI=1S/2C7H13NO/c1-4-7(9)8-5-6(2)3;1-3-5-6-8-7(9)4-2/h4,6H,1,5H2,2-3H3,(H,8,9);4H,2-3,5-6H2,1H3,(H,8,9). The Bertz CT molecular complexity index is 261. The van der Waals surface area contributed by atoms with Crippen LogP contribution in [0.15, 0.2) is 25.3 Å². The van der Waals surface area contributed by atoms with E-state index in [0.29, 0.717) is 5.92 Å². The molecule has 0 saturated heterocycles. The molecule has 0 bridgehead atoms. The molecule has 0 radical (unpaired) electrons. The summed E-state index contributed by atoms with van der Waals surface area (Å²) < 4.78 is 0. The maximum absolute atomic E-state index is 10.5. The summed E-state index contributed by atoms with van der Waals surface area (Å²) in [5.74, 6) is 0.334. The lowest BCUT2D eigenvalue weighted by atomic mass is 10.2. The Morgan fingerprint density at radius 1 is 1.11 bits per heavy atom. The van der Waals surface area contributed by atoms with E-state index in [1.807, 2.05) is 13.8 Å². The summed E-state index contributed by atoms with van der Waals surface area (Å²) >= 11 is 0. The van der Waals surface area contributed by atoms with Crippen LogP contribution in [0.5, 0.6) is 0 Å². The average molecular weight is 254 g/mol. The van der Waals surface area contributed by atoms with Crippen molar-refractivity contribution < 1.29 is 9.59 Å². The maximum Gasteiger partial charge on any atom is 0.243 e. The quantitative estimate of drug-likeness (QED) is 0.539. The minimum Gasteiger partial charge on any atom is -0.353 e. The molecule has 4 nitrogen and oxygen atoms in total. The van der Waals surface area contributed by atoms with Crippen LogP contribution < -0.4 is 10.6 Å². The number of carbonyl (C=O) groups excluding carboxylic acids is 2. The SMILES string of the molecule is C=CC(=O)NCC(C)C.C=CC(=O)NCCCC. The summed E-state index contributed by atoms with van der Waals surface area (Å²) in [6.07, 6.45) is 4.72. The Balaban J connectivity index is 0. The molecule has 0 unspecified atom stereocenters. The van der Waals surface area contributed by atoms with Crippen LogP contribution in [0.1, 0.15) is 33.6 Å². The zero-order valence-corrected chi connectivity index (χ0v) is 11.8. The van der Waals surface area contributed by atoms with Crippen LogP contribution >= 0.6 is 0 Å². The van der Waals surface area contributed by atoms with E-state index in [9.17, 15) is 9.59 Å². The van der Waals surface area contributed by atoms with Crippen molar-refractivity contribution in [3.63, 3.8) is 0 Å². The Kier molecular flexibility index (Phi) is 14.1. The van der Waals surface area contributed by atoms with Gasteiger partial charge in [0.05, 0.1) is 0 Å². The van der Waals surface area contributed by atoms with Gasteiger partial charge in [0.1, 0.15) is 0 Å². The molecule has 0 aliphatic carbocycles. The van der Waals surface area contributed by atoms with Crippen LogP contribution in [0.2, 0.25) is 0 Å². The van der Waals surface area contributed by atoms with Gasteiger partial charge >= 0.3 is 0 Å². The highest BCUT2D eigenvalue weighted by molar-refractivity contribution is 5.87. The molecule has 18 heavy (non-hydrogen) atoms. The minimum absolute atomic E-state index is 0.0801. The van der Waals surface area contributed by atoms with Gasteiger partial charge in [-0.05, 0) is 24.5 Å². The fraction of sp³-hybridized carbons (Fsp3) is 0.571. The van der Waals surface area contributed by atoms with E-state index in [0.717, 1.165) is 25.9 Å². The fourth-order valence-corrected chi connectivity index (χ4v) is 0.837. The number of unbranched alkanes of at least 4 members (excludes halogenated alkanes) is 1. The first kappa shape index (κ1) is 18.8. The molecule has 0 aromatic rings. The zero-order valence-electron chi connectivity index (χ0n) is 11.8. The topological polar surface area (TPSA) is 58.2 Å². The lowest BCUT2D eigenvalue weighted by Crippen LogP contribution is -2.24. The van der Waals surface area contributed by atoms with E-state index in [-0.39, 0.29) is 11.8 Å². The first-order valence-corrected chi connectivity index (χ1v) is 6.28. The summed E-state index contributed by atoms with van der Waals surface area (Å²) in [5, 5.41) is 5.35. The second-order valence-corrected chi connectivity index (χ2v) is 4.19. The highest BCUT2D eigenvalue weighted by atomic mass is 16.2. The van der Waals surface area contributed by atoms with Gasteiger partial charge in [-0.25, -0.2) is 0 Å². The molecule has 2 amide bonds. The largest absolute Gasteiger partial charge is 0.353 e. The van der Waals surface area contributed by atoms with Crippen molar-refractivity contribution in [2.45, 2.75) is 33.6 Å². The number of hydrogen-bond acceptors (Lipinski definition) is 2. The van der Waals surface area contributed by atoms with Crippen molar-refractivity contribution in [2.75, 3.05) is 13.1 Å². The molecule has 2 N–H and O–H groups in total. The molecule has 0 fully saturated rings. The monoisotopic (exact) mass is 254 g/mol. The molecule has 0 aromatic heterocycles. The second kappa shape index (κ2) is 13.5. The summed E-state index contributed by atoms with van der Waals surface area (Å²) in [7, 11) is 0. The van der Waals surface area contributed by atoms with Crippen LogP contribution in [0, 0.1) is 5.92 Å². The summed E-state index contributed by atoms with van der Waals surface area (Å²) in [4.78, 5) is 20.9. The molecule has 0 saturated carbocycles. The van der Waals surface area contributed by atoms with E-state index < -0.39 is 0 Å².